The number of fused-ring (bicyclic) bond motifs is 3. The summed E-state index contributed by atoms with van der Waals surface area (Å²) in [6.07, 6.45) is 5.34. The lowest BCUT2D eigenvalue weighted by atomic mass is 9.86. The van der Waals surface area contributed by atoms with Crippen molar-refractivity contribution in [1.29, 1.82) is 0 Å². The molecule has 2 atom stereocenters. The van der Waals surface area contributed by atoms with Crippen LogP contribution in [0.3, 0.4) is 0 Å². The summed E-state index contributed by atoms with van der Waals surface area (Å²) >= 11 is 0. The van der Waals surface area contributed by atoms with Crippen LogP contribution in [0.15, 0.2) is 60.7 Å². The summed E-state index contributed by atoms with van der Waals surface area (Å²) in [7, 11) is 0. The SMILES string of the molecule is NCc1cccc(-c2cc(COc3ccccc3CC(=O)O)cc3c2C2CC2C=C3)c1F. The van der Waals surface area contributed by atoms with Gasteiger partial charge in [0.05, 0.1) is 6.42 Å². The lowest BCUT2D eigenvalue weighted by molar-refractivity contribution is -0.136. The van der Waals surface area contributed by atoms with E-state index < -0.39 is 5.97 Å². The lowest BCUT2D eigenvalue weighted by Gasteiger charge is -2.20. The second-order valence-electron chi connectivity index (χ2n) is 8.46. The summed E-state index contributed by atoms with van der Waals surface area (Å²) in [4.78, 5) is 11.2. The molecule has 0 spiro atoms. The van der Waals surface area contributed by atoms with Crippen molar-refractivity contribution in [2.45, 2.75) is 31.9 Å². The number of hydrogen-bond acceptors (Lipinski definition) is 3. The summed E-state index contributed by atoms with van der Waals surface area (Å²) in [5.41, 5.74) is 11.5. The molecule has 1 saturated carbocycles. The number of benzene rings is 3. The first-order valence-corrected chi connectivity index (χ1v) is 10.8. The van der Waals surface area contributed by atoms with Crippen molar-refractivity contribution in [2.75, 3.05) is 0 Å². The maximum absolute atomic E-state index is 15.2. The minimum absolute atomic E-state index is 0.103. The number of carboxylic acids is 1. The molecular weight excluding hydrogens is 405 g/mol. The third-order valence-corrected chi connectivity index (χ3v) is 6.30. The minimum atomic E-state index is -0.906. The molecule has 32 heavy (non-hydrogen) atoms. The van der Waals surface area contributed by atoms with E-state index in [1.807, 2.05) is 24.3 Å². The highest BCUT2D eigenvalue weighted by Crippen LogP contribution is 2.55. The Morgan fingerprint density at radius 2 is 1.91 bits per heavy atom. The van der Waals surface area contributed by atoms with Crippen molar-refractivity contribution < 1.29 is 19.0 Å². The van der Waals surface area contributed by atoms with Crippen LogP contribution in [0.4, 0.5) is 4.39 Å². The van der Waals surface area contributed by atoms with Gasteiger partial charge in [-0.05, 0) is 58.7 Å². The van der Waals surface area contributed by atoms with Crippen molar-refractivity contribution in [3.05, 3.63) is 94.3 Å². The largest absolute Gasteiger partial charge is 0.489 e. The van der Waals surface area contributed by atoms with Crippen molar-refractivity contribution >= 4 is 12.0 Å². The molecule has 1 fully saturated rings. The number of nitrogens with two attached hydrogens (primary N) is 1. The molecule has 3 aromatic rings. The van der Waals surface area contributed by atoms with E-state index >= 15 is 4.39 Å². The highest BCUT2D eigenvalue weighted by molar-refractivity contribution is 5.78. The van der Waals surface area contributed by atoms with Gasteiger partial charge in [-0.2, -0.15) is 0 Å². The molecule has 5 heteroatoms. The Hall–Kier alpha value is -3.44. The number of carbonyl (C=O) groups is 1. The van der Waals surface area contributed by atoms with Gasteiger partial charge in [-0.15, -0.1) is 0 Å². The molecule has 0 saturated heterocycles. The van der Waals surface area contributed by atoms with Gasteiger partial charge in [-0.3, -0.25) is 4.79 Å². The molecular formula is C27H24FNO3. The average molecular weight is 429 g/mol. The van der Waals surface area contributed by atoms with E-state index in [9.17, 15) is 4.79 Å². The van der Waals surface area contributed by atoms with Crippen LogP contribution in [0.1, 0.15) is 40.2 Å². The molecule has 162 valence electrons. The van der Waals surface area contributed by atoms with Gasteiger partial charge in [0.25, 0.3) is 0 Å². The zero-order valence-electron chi connectivity index (χ0n) is 17.6. The van der Waals surface area contributed by atoms with Crippen LogP contribution < -0.4 is 10.5 Å². The van der Waals surface area contributed by atoms with Crippen LogP contribution in [0.25, 0.3) is 17.2 Å². The van der Waals surface area contributed by atoms with Gasteiger partial charge in [0.2, 0.25) is 0 Å². The predicted molar refractivity (Wildman–Crippen MR) is 122 cm³/mol. The number of rotatable bonds is 7. The zero-order chi connectivity index (χ0) is 22.2. The van der Waals surface area contributed by atoms with Crippen LogP contribution in [0.5, 0.6) is 5.75 Å². The zero-order valence-corrected chi connectivity index (χ0v) is 17.6. The molecule has 0 aliphatic heterocycles. The van der Waals surface area contributed by atoms with Crippen molar-refractivity contribution in [3.8, 4) is 16.9 Å². The average Bonchev–Trinajstić information content (AvgIpc) is 3.58. The van der Waals surface area contributed by atoms with E-state index in [0.717, 1.165) is 23.1 Å². The lowest BCUT2D eigenvalue weighted by Crippen LogP contribution is -2.06. The Kier molecular flexibility index (Phi) is 5.27. The minimum Gasteiger partial charge on any atom is -0.489 e. The third-order valence-electron chi connectivity index (χ3n) is 6.30. The fraction of sp³-hybridized carbons (Fsp3) is 0.222. The Morgan fingerprint density at radius 1 is 1.09 bits per heavy atom. The Bertz CT molecular complexity index is 1230. The monoisotopic (exact) mass is 429 g/mol. The second kappa shape index (κ2) is 8.24. The summed E-state index contributed by atoms with van der Waals surface area (Å²) in [6.45, 7) is 0.411. The smallest absolute Gasteiger partial charge is 0.307 e. The van der Waals surface area contributed by atoms with Gasteiger partial charge in [0.15, 0.2) is 0 Å². The van der Waals surface area contributed by atoms with Gasteiger partial charge in [-0.25, -0.2) is 4.39 Å². The van der Waals surface area contributed by atoms with Crippen LogP contribution >= 0.6 is 0 Å². The van der Waals surface area contributed by atoms with E-state index in [0.29, 0.717) is 34.3 Å². The number of carboxylic acid groups (broad SMARTS) is 1. The van der Waals surface area contributed by atoms with E-state index in [1.54, 1.807) is 24.3 Å². The first-order chi connectivity index (χ1) is 15.5. The second-order valence-corrected chi connectivity index (χ2v) is 8.46. The van der Waals surface area contributed by atoms with E-state index in [1.165, 1.54) is 5.56 Å². The summed E-state index contributed by atoms with van der Waals surface area (Å²) in [5, 5.41) is 9.16. The Labute approximate surface area is 186 Å². The maximum atomic E-state index is 15.2. The molecule has 2 aliphatic carbocycles. The standard InChI is InChI=1S/C27H24FNO3/c28-27-20(14-29)5-3-6-21(27)23-11-16(10-19-9-8-17-12-22(17)26(19)23)15-32-24-7-2-1-4-18(24)13-25(30)31/h1-11,17,22H,12-15,29H2,(H,30,31). The van der Waals surface area contributed by atoms with Crippen molar-refractivity contribution in [3.63, 3.8) is 0 Å². The van der Waals surface area contributed by atoms with Crippen LogP contribution in [0.2, 0.25) is 0 Å². The molecule has 2 unspecified atom stereocenters. The van der Waals surface area contributed by atoms with Crippen molar-refractivity contribution in [2.24, 2.45) is 11.7 Å². The first kappa shape index (κ1) is 20.5. The van der Waals surface area contributed by atoms with Gasteiger partial charge in [-0.1, -0.05) is 48.6 Å². The van der Waals surface area contributed by atoms with E-state index in [2.05, 4.69) is 18.2 Å². The third kappa shape index (κ3) is 3.80. The molecule has 4 nitrogen and oxygen atoms in total. The molecule has 3 N–H and O–H groups in total. The number of para-hydroxylation sites is 1. The highest BCUT2D eigenvalue weighted by Gasteiger charge is 2.41. The summed E-state index contributed by atoms with van der Waals surface area (Å²) in [5.74, 6) is 0.331. The fourth-order valence-electron chi connectivity index (χ4n) is 4.64. The fourth-order valence-corrected chi connectivity index (χ4v) is 4.64. The summed E-state index contributed by atoms with van der Waals surface area (Å²) < 4.78 is 21.3. The number of allylic oxidation sites excluding steroid dienone is 1. The molecule has 0 radical (unpaired) electrons. The number of hydrogen-bond donors (Lipinski definition) is 2. The van der Waals surface area contributed by atoms with Gasteiger partial charge >= 0.3 is 5.97 Å². The van der Waals surface area contributed by atoms with Gasteiger partial charge in [0.1, 0.15) is 18.2 Å². The number of aliphatic carboxylic acids is 1. The molecule has 2 aliphatic rings. The van der Waals surface area contributed by atoms with E-state index in [-0.39, 0.29) is 25.4 Å². The predicted octanol–water partition coefficient (Wildman–Crippen LogP) is 5.29. The maximum Gasteiger partial charge on any atom is 0.307 e. The van der Waals surface area contributed by atoms with Crippen LogP contribution in [0, 0.1) is 11.7 Å². The topological polar surface area (TPSA) is 72.5 Å². The number of halogens is 1. The van der Waals surface area contributed by atoms with Crippen LogP contribution in [-0.2, 0) is 24.4 Å². The molecule has 0 amide bonds. The Balaban J connectivity index is 1.53. The van der Waals surface area contributed by atoms with Gasteiger partial charge < -0.3 is 15.6 Å². The molecule has 5 rings (SSSR count). The normalized spacial score (nSPS) is 18.1. The molecule has 0 aromatic heterocycles. The first-order valence-electron chi connectivity index (χ1n) is 10.8. The molecule has 3 aromatic carbocycles. The Morgan fingerprint density at radius 3 is 2.72 bits per heavy atom. The van der Waals surface area contributed by atoms with Gasteiger partial charge in [0, 0.05) is 23.2 Å². The number of ether oxygens (including phenoxy) is 1. The summed E-state index contributed by atoms with van der Waals surface area (Å²) in [6, 6.07) is 16.6. The highest BCUT2D eigenvalue weighted by atomic mass is 19.1. The van der Waals surface area contributed by atoms with E-state index in [4.69, 9.17) is 15.6 Å². The molecule has 0 bridgehead atoms. The molecule has 0 heterocycles. The van der Waals surface area contributed by atoms with Crippen LogP contribution in [-0.4, -0.2) is 11.1 Å². The quantitative estimate of drug-likeness (QED) is 0.535. The van der Waals surface area contributed by atoms with Crippen molar-refractivity contribution in [1.82, 2.24) is 0 Å².